The van der Waals surface area contributed by atoms with Gasteiger partial charge >= 0.3 is 0 Å². The number of aromatic nitrogens is 3. The Kier molecular flexibility index (Phi) is 6.29. The van der Waals surface area contributed by atoms with Gasteiger partial charge in [0.05, 0.1) is 29.5 Å². The summed E-state index contributed by atoms with van der Waals surface area (Å²) in [7, 11) is -2.31. The van der Waals surface area contributed by atoms with E-state index in [0.717, 1.165) is 17.7 Å². The number of ether oxygens (including phenoxy) is 1. The van der Waals surface area contributed by atoms with Gasteiger partial charge in [-0.2, -0.15) is 5.10 Å². The predicted molar refractivity (Wildman–Crippen MR) is 123 cm³/mol. The molecule has 0 radical (unpaired) electrons. The van der Waals surface area contributed by atoms with E-state index in [2.05, 4.69) is 19.9 Å². The Labute approximate surface area is 194 Å². The monoisotopic (exact) mass is 486 g/mol. The molecule has 11 heteroatoms. The summed E-state index contributed by atoms with van der Waals surface area (Å²) in [6.07, 6.45) is 1.87. The number of anilines is 1. The number of nitrogens with zero attached hydrogens (tertiary/aromatic N) is 2. The summed E-state index contributed by atoms with van der Waals surface area (Å²) in [6, 6.07) is 10.5. The Morgan fingerprint density at radius 1 is 1.12 bits per heavy atom. The first-order chi connectivity index (χ1) is 16.2. The molecule has 2 aromatic carbocycles. The number of methoxy groups -OCH3 is 1. The van der Waals surface area contributed by atoms with Gasteiger partial charge in [0.25, 0.3) is 0 Å². The first-order valence-corrected chi connectivity index (χ1v) is 11.9. The maximum absolute atomic E-state index is 15.1. The third-order valence-electron chi connectivity index (χ3n) is 5.11. The number of sulfonamides is 1. The lowest BCUT2D eigenvalue weighted by atomic mass is 10.0. The largest absolute Gasteiger partial charge is 0.497 e. The number of pyridine rings is 1. The molecule has 2 N–H and O–H groups in total. The maximum atomic E-state index is 15.1. The minimum Gasteiger partial charge on any atom is -0.497 e. The molecule has 0 saturated heterocycles. The van der Waals surface area contributed by atoms with E-state index >= 15 is 4.39 Å². The van der Waals surface area contributed by atoms with E-state index in [1.54, 1.807) is 50.6 Å². The minimum atomic E-state index is -3.86. The van der Waals surface area contributed by atoms with Crippen LogP contribution >= 0.6 is 0 Å². The van der Waals surface area contributed by atoms with Crippen LogP contribution in [0.15, 0.2) is 48.7 Å². The lowest BCUT2D eigenvalue weighted by Gasteiger charge is -2.11. The van der Waals surface area contributed by atoms with Crippen molar-refractivity contribution in [1.29, 1.82) is 0 Å². The minimum absolute atomic E-state index is 0.246. The second-order valence-corrected chi connectivity index (χ2v) is 9.30. The molecule has 8 nitrogen and oxygen atoms in total. The molecule has 4 aromatic rings. The number of aromatic amines is 1. The van der Waals surface area contributed by atoms with Gasteiger partial charge in [0.1, 0.15) is 17.3 Å². The summed E-state index contributed by atoms with van der Waals surface area (Å²) in [4.78, 5) is 17.4. The van der Waals surface area contributed by atoms with E-state index in [1.807, 2.05) is 0 Å². The highest BCUT2D eigenvalue weighted by molar-refractivity contribution is 7.92. The number of hydrogen-bond acceptors (Lipinski definition) is 6. The van der Waals surface area contributed by atoms with Gasteiger partial charge in [0, 0.05) is 11.8 Å². The number of carbonyl (C=O) groups excluding carboxylic acids is 1. The standard InChI is InChI=1S/C23H20F2N4O4S/c1-3-10-34(31,32)29-18-9-8-17(24)19(20(18)25)22(30)21-16-11-14(12-26-23(16)28-27-21)13-4-6-15(33-2)7-5-13/h4-9,11-12,29H,3,10H2,1-2H3,(H,26,27,28). The van der Waals surface area contributed by atoms with E-state index < -0.39 is 38.7 Å². The second-order valence-electron chi connectivity index (χ2n) is 7.45. The fourth-order valence-electron chi connectivity index (χ4n) is 3.46. The van der Waals surface area contributed by atoms with Crippen molar-refractivity contribution in [2.45, 2.75) is 13.3 Å². The van der Waals surface area contributed by atoms with Crippen LogP contribution in [-0.2, 0) is 10.0 Å². The Morgan fingerprint density at radius 3 is 2.53 bits per heavy atom. The number of halogens is 2. The molecular formula is C23H20F2N4O4S. The van der Waals surface area contributed by atoms with Crippen molar-refractivity contribution >= 4 is 32.5 Å². The average molecular weight is 487 g/mol. The molecule has 0 bridgehead atoms. The van der Waals surface area contributed by atoms with Crippen molar-refractivity contribution in [3.63, 3.8) is 0 Å². The molecule has 0 aliphatic rings. The molecule has 34 heavy (non-hydrogen) atoms. The number of ketones is 1. The molecule has 176 valence electrons. The number of carbonyl (C=O) groups is 1. The number of fused-ring (bicyclic) bond motifs is 1. The van der Waals surface area contributed by atoms with Crippen LogP contribution in [0.4, 0.5) is 14.5 Å². The van der Waals surface area contributed by atoms with Crippen LogP contribution in [0.1, 0.15) is 29.4 Å². The normalized spacial score (nSPS) is 11.5. The third kappa shape index (κ3) is 4.46. The molecule has 0 unspecified atom stereocenters. The van der Waals surface area contributed by atoms with Crippen molar-refractivity contribution in [2.24, 2.45) is 0 Å². The van der Waals surface area contributed by atoms with Gasteiger partial charge in [-0.25, -0.2) is 22.2 Å². The molecule has 2 aromatic heterocycles. The Balaban J connectivity index is 1.76. The molecule has 0 atom stereocenters. The molecule has 0 fully saturated rings. The number of hydrogen-bond donors (Lipinski definition) is 2. The first-order valence-electron chi connectivity index (χ1n) is 10.3. The van der Waals surface area contributed by atoms with Gasteiger partial charge in [-0.3, -0.25) is 14.6 Å². The van der Waals surface area contributed by atoms with Crippen molar-refractivity contribution in [3.05, 3.63) is 71.6 Å². The van der Waals surface area contributed by atoms with E-state index in [-0.39, 0.29) is 22.5 Å². The summed E-state index contributed by atoms with van der Waals surface area (Å²) in [5, 5.41) is 6.76. The smallest absolute Gasteiger partial charge is 0.232 e. The lowest BCUT2D eigenvalue weighted by molar-refractivity contribution is 0.102. The van der Waals surface area contributed by atoms with Crippen LogP contribution in [-0.4, -0.2) is 42.2 Å². The summed E-state index contributed by atoms with van der Waals surface area (Å²) in [5.74, 6) is -3.10. The molecule has 2 heterocycles. The molecular weight excluding hydrogens is 466 g/mol. The van der Waals surface area contributed by atoms with E-state index in [9.17, 15) is 17.6 Å². The van der Waals surface area contributed by atoms with Crippen molar-refractivity contribution in [3.8, 4) is 16.9 Å². The quantitative estimate of drug-likeness (QED) is 0.359. The van der Waals surface area contributed by atoms with E-state index in [4.69, 9.17) is 4.74 Å². The van der Waals surface area contributed by atoms with Gasteiger partial charge in [-0.1, -0.05) is 19.1 Å². The number of nitrogens with one attached hydrogen (secondary N) is 2. The molecule has 4 rings (SSSR count). The van der Waals surface area contributed by atoms with Crippen LogP contribution in [0.5, 0.6) is 5.75 Å². The zero-order valence-electron chi connectivity index (χ0n) is 18.2. The van der Waals surface area contributed by atoms with Crippen molar-refractivity contribution in [1.82, 2.24) is 15.2 Å². The van der Waals surface area contributed by atoms with Gasteiger partial charge < -0.3 is 4.74 Å². The zero-order valence-corrected chi connectivity index (χ0v) is 19.0. The first kappa shape index (κ1) is 23.3. The van der Waals surface area contributed by atoms with E-state index in [1.165, 1.54) is 0 Å². The number of rotatable bonds is 8. The highest BCUT2D eigenvalue weighted by atomic mass is 32.2. The fourth-order valence-corrected chi connectivity index (χ4v) is 4.60. The zero-order chi connectivity index (χ0) is 24.5. The number of benzene rings is 2. The molecule has 0 aliphatic carbocycles. The fraction of sp³-hybridized carbons (Fsp3) is 0.174. The summed E-state index contributed by atoms with van der Waals surface area (Å²) in [6.45, 7) is 1.64. The average Bonchev–Trinajstić information content (AvgIpc) is 3.24. The molecule has 0 amide bonds. The maximum Gasteiger partial charge on any atom is 0.232 e. The Morgan fingerprint density at radius 2 is 1.85 bits per heavy atom. The number of H-pyrrole nitrogens is 1. The van der Waals surface area contributed by atoms with Crippen molar-refractivity contribution < 1.29 is 26.7 Å². The van der Waals surface area contributed by atoms with Crippen LogP contribution in [0.25, 0.3) is 22.2 Å². The van der Waals surface area contributed by atoms with Gasteiger partial charge in [-0.15, -0.1) is 0 Å². The highest BCUT2D eigenvalue weighted by Gasteiger charge is 2.27. The summed E-state index contributed by atoms with van der Waals surface area (Å²) < 4.78 is 61.0. The van der Waals surface area contributed by atoms with Gasteiger partial charge in [0.15, 0.2) is 11.5 Å². The summed E-state index contributed by atoms with van der Waals surface area (Å²) in [5.41, 5.74) is -0.00685. The lowest BCUT2D eigenvalue weighted by Crippen LogP contribution is -2.18. The Hall–Kier alpha value is -3.86. The molecule has 0 saturated carbocycles. The van der Waals surface area contributed by atoms with Crippen LogP contribution in [0, 0.1) is 11.6 Å². The van der Waals surface area contributed by atoms with Gasteiger partial charge in [0.2, 0.25) is 15.8 Å². The van der Waals surface area contributed by atoms with Crippen LogP contribution in [0.3, 0.4) is 0 Å². The predicted octanol–water partition coefficient (Wildman–Crippen LogP) is 4.29. The van der Waals surface area contributed by atoms with Crippen LogP contribution < -0.4 is 9.46 Å². The molecule has 0 aliphatic heterocycles. The Bertz CT molecular complexity index is 1490. The SMILES string of the molecule is CCCS(=O)(=O)Nc1ccc(F)c(C(=O)c2n[nH]c3ncc(-c4ccc(OC)cc4)cc23)c1F. The summed E-state index contributed by atoms with van der Waals surface area (Å²) >= 11 is 0. The third-order valence-corrected chi connectivity index (χ3v) is 6.59. The van der Waals surface area contributed by atoms with Crippen molar-refractivity contribution in [2.75, 3.05) is 17.6 Å². The topological polar surface area (TPSA) is 114 Å². The highest BCUT2D eigenvalue weighted by Crippen LogP contribution is 2.29. The van der Waals surface area contributed by atoms with Crippen LogP contribution in [0.2, 0.25) is 0 Å². The van der Waals surface area contributed by atoms with E-state index in [0.29, 0.717) is 17.7 Å². The molecule has 0 spiro atoms. The second kappa shape index (κ2) is 9.18. The van der Waals surface area contributed by atoms with Gasteiger partial charge in [-0.05, 0) is 42.3 Å².